The van der Waals surface area contributed by atoms with Crippen LogP contribution in [-0.2, 0) is 16.4 Å². The Labute approximate surface area is 171 Å². The Morgan fingerprint density at radius 2 is 1.81 bits per heavy atom. The first-order valence-corrected chi connectivity index (χ1v) is 11.5. The summed E-state index contributed by atoms with van der Waals surface area (Å²) < 4.78 is 25.6. The van der Waals surface area contributed by atoms with Crippen LogP contribution in [0.15, 0.2) is 53.0 Å². The highest BCUT2D eigenvalue weighted by molar-refractivity contribution is 9.10. The number of fused-ring (bicyclic) bond motifs is 1. The minimum Gasteiger partial charge on any atom is -0.338 e. The smallest absolute Gasteiger partial charge is 0.177 e. The van der Waals surface area contributed by atoms with Gasteiger partial charge in [0.2, 0.25) is 0 Å². The monoisotopic (exact) mass is 470 g/mol. The van der Waals surface area contributed by atoms with E-state index in [9.17, 15) is 8.42 Å². The summed E-state index contributed by atoms with van der Waals surface area (Å²) in [5.41, 5.74) is 1.93. The van der Waals surface area contributed by atoms with Gasteiger partial charge < -0.3 is 9.80 Å². The third-order valence-corrected chi connectivity index (χ3v) is 7.72. The van der Waals surface area contributed by atoms with Gasteiger partial charge in [0, 0.05) is 21.7 Å². The minimum atomic E-state index is -3.10. The highest BCUT2D eigenvalue weighted by Crippen LogP contribution is 2.36. The quantitative estimate of drug-likeness (QED) is 0.636. The second-order valence-electron chi connectivity index (χ2n) is 6.60. The zero-order valence-corrected chi connectivity index (χ0v) is 17.7. The van der Waals surface area contributed by atoms with Crippen LogP contribution in [0.1, 0.15) is 5.56 Å². The van der Waals surface area contributed by atoms with Crippen molar-refractivity contribution < 1.29 is 8.42 Å². The first kappa shape index (κ1) is 18.2. The van der Waals surface area contributed by atoms with Crippen LogP contribution in [0.3, 0.4) is 0 Å². The molecule has 2 fully saturated rings. The van der Waals surface area contributed by atoms with Crippen molar-refractivity contribution in [2.75, 3.05) is 16.4 Å². The molecule has 26 heavy (non-hydrogen) atoms. The van der Waals surface area contributed by atoms with Crippen LogP contribution < -0.4 is 4.90 Å². The van der Waals surface area contributed by atoms with E-state index in [-0.39, 0.29) is 23.6 Å². The molecule has 4 rings (SSSR count). The number of rotatable bonds is 3. The van der Waals surface area contributed by atoms with Crippen molar-refractivity contribution in [3.63, 3.8) is 0 Å². The Morgan fingerprint density at radius 1 is 1.12 bits per heavy atom. The molecule has 2 saturated heterocycles. The van der Waals surface area contributed by atoms with Crippen LogP contribution in [-0.4, -0.2) is 42.0 Å². The second kappa shape index (κ2) is 6.78. The van der Waals surface area contributed by atoms with Gasteiger partial charge in [-0.25, -0.2) is 8.42 Å². The maximum Gasteiger partial charge on any atom is 0.177 e. The average Bonchev–Trinajstić information content (AvgIpc) is 3.00. The van der Waals surface area contributed by atoms with Crippen molar-refractivity contribution in [3.05, 3.63) is 63.6 Å². The number of nitrogens with zero attached hydrogens (tertiary/aromatic N) is 2. The Hall–Kier alpha value is -1.15. The fourth-order valence-corrected chi connectivity index (χ4v) is 6.52. The molecule has 2 aliphatic rings. The summed E-state index contributed by atoms with van der Waals surface area (Å²) in [5, 5.41) is 1.26. The molecule has 0 unspecified atom stereocenters. The zero-order valence-electron chi connectivity index (χ0n) is 13.7. The van der Waals surface area contributed by atoms with E-state index in [0.29, 0.717) is 16.7 Å². The number of anilines is 1. The SMILES string of the molecule is O=S1(=O)C[C@@H]2[C@H](C1)N(c1cccc(Cl)c1)C(=S)N2Cc1ccc(Br)cc1. The van der Waals surface area contributed by atoms with E-state index in [0.717, 1.165) is 15.7 Å². The summed E-state index contributed by atoms with van der Waals surface area (Å²) in [6.45, 7) is 0.583. The Bertz CT molecular complexity index is 965. The van der Waals surface area contributed by atoms with Crippen LogP contribution in [0.4, 0.5) is 5.69 Å². The van der Waals surface area contributed by atoms with Crippen molar-refractivity contribution in [1.82, 2.24) is 4.90 Å². The van der Waals surface area contributed by atoms with Crippen LogP contribution in [0.5, 0.6) is 0 Å². The second-order valence-corrected chi connectivity index (χ2v) is 10.5. The molecule has 0 amide bonds. The van der Waals surface area contributed by atoms with E-state index < -0.39 is 9.84 Å². The molecule has 2 aromatic rings. The maximum atomic E-state index is 12.3. The lowest BCUT2D eigenvalue weighted by Gasteiger charge is -2.26. The van der Waals surface area contributed by atoms with Crippen LogP contribution in [0, 0.1) is 0 Å². The van der Waals surface area contributed by atoms with Gasteiger partial charge in [-0.15, -0.1) is 0 Å². The predicted octanol–water partition coefficient (Wildman–Crippen LogP) is 3.88. The number of sulfone groups is 1. The number of hydrogen-bond donors (Lipinski definition) is 0. The summed E-state index contributed by atoms with van der Waals surface area (Å²) in [5.74, 6) is 0.243. The highest BCUT2D eigenvalue weighted by Gasteiger charge is 2.51. The van der Waals surface area contributed by atoms with Gasteiger partial charge in [0.1, 0.15) is 0 Å². The summed E-state index contributed by atoms with van der Waals surface area (Å²) in [6, 6.07) is 15.1. The largest absolute Gasteiger partial charge is 0.338 e. The number of benzene rings is 2. The van der Waals surface area contributed by atoms with Crippen molar-refractivity contribution in [2.45, 2.75) is 18.6 Å². The van der Waals surface area contributed by atoms with Gasteiger partial charge in [0.25, 0.3) is 0 Å². The molecule has 2 aliphatic heterocycles. The lowest BCUT2D eigenvalue weighted by atomic mass is 10.1. The third-order valence-electron chi connectivity index (χ3n) is 4.83. The molecular formula is C18H16BrClN2O2S2. The van der Waals surface area contributed by atoms with Crippen molar-refractivity contribution in [3.8, 4) is 0 Å². The van der Waals surface area contributed by atoms with Crippen molar-refractivity contribution in [1.29, 1.82) is 0 Å². The zero-order chi connectivity index (χ0) is 18.5. The summed E-state index contributed by atoms with van der Waals surface area (Å²) >= 11 is 15.3. The lowest BCUT2D eigenvalue weighted by molar-refractivity contribution is 0.351. The molecule has 8 heteroatoms. The van der Waals surface area contributed by atoms with Gasteiger partial charge in [0.05, 0.1) is 23.6 Å². The first-order valence-electron chi connectivity index (χ1n) is 8.14. The number of halogens is 2. The summed E-state index contributed by atoms with van der Waals surface area (Å²) in [4.78, 5) is 3.99. The van der Waals surface area contributed by atoms with Crippen LogP contribution in [0.2, 0.25) is 5.02 Å². The molecule has 0 bridgehead atoms. The van der Waals surface area contributed by atoms with Gasteiger partial charge in [-0.05, 0) is 48.1 Å². The van der Waals surface area contributed by atoms with Crippen molar-refractivity contribution >= 4 is 60.4 Å². The molecule has 0 N–H and O–H groups in total. The molecule has 136 valence electrons. The first-order chi connectivity index (χ1) is 12.3. The fourth-order valence-electron chi connectivity index (χ4n) is 3.68. The van der Waals surface area contributed by atoms with Crippen LogP contribution >= 0.6 is 39.7 Å². The Balaban J connectivity index is 1.70. The fraction of sp³-hybridized carbons (Fsp3) is 0.278. The molecule has 0 aromatic heterocycles. The van der Waals surface area contributed by atoms with Gasteiger partial charge in [-0.1, -0.05) is 45.7 Å². The summed E-state index contributed by atoms with van der Waals surface area (Å²) in [7, 11) is -3.10. The molecular weight excluding hydrogens is 456 g/mol. The topological polar surface area (TPSA) is 40.6 Å². The van der Waals surface area contributed by atoms with E-state index in [1.165, 1.54) is 0 Å². The molecule has 0 aliphatic carbocycles. The molecule has 2 atom stereocenters. The highest BCUT2D eigenvalue weighted by atomic mass is 79.9. The van der Waals surface area contributed by atoms with E-state index in [1.807, 2.05) is 52.3 Å². The van der Waals surface area contributed by atoms with E-state index >= 15 is 0 Å². The molecule has 0 radical (unpaired) electrons. The normalized spacial score (nSPS) is 24.2. The molecule has 0 spiro atoms. The molecule has 4 nitrogen and oxygen atoms in total. The molecule has 2 heterocycles. The van der Waals surface area contributed by atoms with Gasteiger partial charge >= 0.3 is 0 Å². The van der Waals surface area contributed by atoms with Gasteiger partial charge in [-0.3, -0.25) is 0 Å². The van der Waals surface area contributed by atoms with Gasteiger partial charge in [0.15, 0.2) is 14.9 Å². The Morgan fingerprint density at radius 3 is 2.50 bits per heavy atom. The van der Waals surface area contributed by atoms with E-state index in [1.54, 1.807) is 6.07 Å². The number of hydrogen-bond acceptors (Lipinski definition) is 3. The molecule has 2 aromatic carbocycles. The van der Waals surface area contributed by atoms with E-state index in [4.69, 9.17) is 23.8 Å². The van der Waals surface area contributed by atoms with Crippen molar-refractivity contribution in [2.24, 2.45) is 0 Å². The lowest BCUT2D eigenvalue weighted by Crippen LogP contribution is -2.37. The predicted molar refractivity (Wildman–Crippen MR) is 112 cm³/mol. The Kier molecular flexibility index (Phi) is 4.75. The third kappa shape index (κ3) is 3.38. The standard InChI is InChI=1S/C18H16BrClN2O2S2/c19-13-6-4-12(5-7-13)9-21-16-10-26(23,24)11-17(16)22(18(21)25)15-3-1-2-14(20)8-15/h1-8,16-17H,9-11H2/t16-,17+/m1/s1. The number of thiocarbonyl (C=S) groups is 1. The van der Waals surface area contributed by atoms with E-state index in [2.05, 4.69) is 15.9 Å². The molecule has 0 saturated carbocycles. The summed E-state index contributed by atoms with van der Waals surface area (Å²) in [6.07, 6.45) is 0. The maximum absolute atomic E-state index is 12.3. The average molecular weight is 472 g/mol. The van der Waals surface area contributed by atoms with Crippen LogP contribution in [0.25, 0.3) is 0 Å². The van der Waals surface area contributed by atoms with Gasteiger partial charge in [-0.2, -0.15) is 0 Å². The minimum absolute atomic E-state index is 0.112.